The topological polar surface area (TPSA) is 106 Å². The summed E-state index contributed by atoms with van der Waals surface area (Å²) >= 11 is 1.18. The lowest BCUT2D eigenvalue weighted by atomic mass is 10.0. The summed E-state index contributed by atoms with van der Waals surface area (Å²) in [6.45, 7) is 7.34. The Labute approximate surface area is 180 Å². The monoisotopic (exact) mass is 453 g/mol. The van der Waals surface area contributed by atoms with Crippen LogP contribution in [0.25, 0.3) is 10.2 Å². The van der Waals surface area contributed by atoms with Gasteiger partial charge in [-0.1, -0.05) is 6.92 Å². The van der Waals surface area contributed by atoms with Crippen LogP contribution in [0.4, 0.5) is 0 Å². The number of carbonyl (C=O) groups is 2. The normalized spacial score (nSPS) is 17.3. The summed E-state index contributed by atoms with van der Waals surface area (Å²) in [7, 11) is -3.82. The van der Waals surface area contributed by atoms with E-state index >= 15 is 0 Å². The summed E-state index contributed by atoms with van der Waals surface area (Å²) in [6, 6.07) is 1.51. The number of hydrogen-bond donors (Lipinski definition) is 1. The summed E-state index contributed by atoms with van der Waals surface area (Å²) in [5.41, 5.74) is 0.646. The molecule has 3 rings (SSSR count). The van der Waals surface area contributed by atoms with Crippen molar-refractivity contribution in [2.45, 2.75) is 44.9 Å². The minimum absolute atomic E-state index is 0.00496. The molecule has 2 aromatic rings. The highest BCUT2D eigenvalue weighted by Crippen LogP contribution is 2.31. The number of aryl methyl sites for hydroxylation is 1. The molecule has 1 N–H and O–H groups in total. The van der Waals surface area contributed by atoms with E-state index in [4.69, 9.17) is 4.74 Å². The van der Waals surface area contributed by atoms with Crippen molar-refractivity contribution in [2.24, 2.45) is 5.92 Å². The second kappa shape index (κ2) is 9.40. The Balaban J connectivity index is 1.68. The second-order valence-corrected chi connectivity index (χ2v) is 10.3. The van der Waals surface area contributed by atoms with Crippen LogP contribution in [0.15, 0.2) is 17.2 Å². The molecule has 0 aliphatic carbocycles. The van der Waals surface area contributed by atoms with Gasteiger partial charge in [-0.3, -0.25) is 4.79 Å². The Morgan fingerprint density at radius 2 is 2.17 bits per heavy atom. The third-order valence-corrected chi connectivity index (χ3v) is 7.80. The van der Waals surface area contributed by atoms with E-state index < -0.39 is 16.0 Å². The first-order valence-electron chi connectivity index (χ1n) is 10.1. The number of nitrogens with one attached hydrogen (secondary N) is 1. The van der Waals surface area contributed by atoms with Crippen LogP contribution < -0.4 is 4.72 Å². The van der Waals surface area contributed by atoms with Gasteiger partial charge in [0, 0.05) is 37.6 Å². The van der Waals surface area contributed by atoms with E-state index in [0.717, 1.165) is 25.9 Å². The van der Waals surface area contributed by atoms with Crippen LogP contribution in [-0.2, 0) is 19.6 Å². The SMILES string of the molecule is CCOC(=O)c1sc2ncc(S(=O)(=O)NCCC(=O)N3CCC[C@@H](C)C3)cc2c1C. The smallest absolute Gasteiger partial charge is 0.348 e. The van der Waals surface area contributed by atoms with Gasteiger partial charge in [-0.05, 0) is 44.2 Å². The zero-order chi connectivity index (χ0) is 21.9. The maximum Gasteiger partial charge on any atom is 0.348 e. The highest BCUT2D eigenvalue weighted by molar-refractivity contribution is 7.89. The van der Waals surface area contributed by atoms with Crippen molar-refractivity contribution in [2.75, 3.05) is 26.2 Å². The third kappa shape index (κ3) is 4.98. The minimum atomic E-state index is -3.82. The van der Waals surface area contributed by atoms with Crippen LogP contribution in [0.3, 0.4) is 0 Å². The largest absolute Gasteiger partial charge is 0.462 e. The molecule has 2 aromatic heterocycles. The molecule has 30 heavy (non-hydrogen) atoms. The van der Waals surface area contributed by atoms with Crippen molar-refractivity contribution in [1.29, 1.82) is 0 Å². The number of thiophene rings is 1. The first kappa shape index (κ1) is 22.6. The molecule has 164 valence electrons. The molecule has 0 radical (unpaired) electrons. The van der Waals surface area contributed by atoms with Crippen molar-refractivity contribution in [3.8, 4) is 0 Å². The maximum atomic E-state index is 12.7. The first-order valence-corrected chi connectivity index (χ1v) is 12.4. The molecule has 1 amide bonds. The molecule has 10 heteroatoms. The van der Waals surface area contributed by atoms with Gasteiger partial charge >= 0.3 is 5.97 Å². The van der Waals surface area contributed by atoms with Gasteiger partial charge in [0.05, 0.1) is 6.61 Å². The van der Waals surface area contributed by atoms with E-state index in [9.17, 15) is 18.0 Å². The summed E-state index contributed by atoms with van der Waals surface area (Å²) < 4.78 is 32.9. The number of likely N-dealkylation sites (tertiary alicyclic amines) is 1. The highest BCUT2D eigenvalue weighted by Gasteiger charge is 2.23. The lowest BCUT2D eigenvalue weighted by Crippen LogP contribution is -2.40. The fourth-order valence-electron chi connectivity index (χ4n) is 3.57. The van der Waals surface area contributed by atoms with E-state index in [1.807, 2.05) is 4.90 Å². The van der Waals surface area contributed by atoms with Crippen molar-refractivity contribution >= 4 is 43.5 Å². The van der Waals surface area contributed by atoms with Gasteiger partial charge < -0.3 is 9.64 Å². The Bertz CT molecular complexity index is 1050. The van der Waals surface area contributed by atoms with Crippen molar-refractivity contribution < 1.29 is 22.7 Å². The molecule has 1 atom stereocenters. The number of carbonyl (C=O) groups excluding carboxylic acids is 2. The number of nitrogens with zero attached hydrogens (tertiary/aromatic N) is 2. The number of pyridine rings is 1. The fourth-order valence-corrected chi connectivity index (χ4v) is 5.59. The van der Waals surface area contributed by atoms with E-state index in [1.54, 1.807) is 13.8 Å². The van der Waals surface area contributed by atoms with Gasteiger partial charge in [0.2, 0.25) is 15.9 Å². The molecule has 1 saturated heterocycles. The second-order valence-electron chi connectivity index (χ2n) is 7.54. The van der Waals surface area contributed by atoms with Crippen LogP contribution in [0.5, 0.6) is 0 Å². The lowest BCUT2D eigenvalue weighted by Gasteiger charge is -2.31. The van der Waals surface area contributed by atoms with E-state index in [-0.39, 0.29) is 30.4 Å². The highest BCUT2D eigenvalue weighted by atomic mass is 32.2. The molecular formula is C20H27N3O5S2. The molecule has 3 heterocycles. The van der Waals surface area contributed by atoms with Gasteiger partial charge in [-0.15, -0.1) is 11.3 Å². The molecule has 0 aromatic carbocycles. The van der Waals surface area contributed by atoms with E-state index in [0.29, 0.717) is 26.6 Å². The van der Waals surface area contributed by atoms with Gasteiger partial charge in [0.15, 0.2) is 0 Å². The average molecular weight is 454 g/mol. The minimum Gasteiger partial charge on any atom is -0.462 e. The van der Waals surface area contributed by atoms with Gasteiger partial charge in [-0.25, -0.2) is 22.9 Å². The van der Waals surface area contributed by atoms with Crippen LogP contribution in [-0.4, -0.2) is 56.4 Å². The summed E-state index contributed by atoms with van der Waals surface area (Å²) in [5, 5.41) is 0.601. The van der Waals surface area contributed by atoms with E-state index in [1.165, 1.54) is 23.6 Å². The van der Waals surface area contributed by atoms with Crippen molar-refractivity contribution in [3.63, 3.8) is 0 Å². The summed E-state index contributed by atoms with van der Waals surface area (Å²) in [6.07, 6.45) is 3.49. The van der Waals surface area contributed by atoms with Crippen LogP contribution >= 0.6 is 11.3 Å². The number of sulfonamides is 1. The lowest BCUT2D eigenvalue weighted by molar-refractivity contribution is -0.132. The number of rotatable bonds is 7. The fraction of sp³-hybridized carbons (Fsp3) is 0.550. The van der Waals surface area contributed by atoms with Gasteiger partial charge in [-0.2, -0.15) is 0 Å². The van der Waals surface area contributed by atoms with Crippen LogP contribution in [0, 0.1) is 12.8 Å². The Kier molecular flexibility index (Phi) is 7.10. The summed E-state index contributed by atoms with van der Waals surface area (Å²) in [5.74, 6) is 0.00204. The molecule has 0 saturated carbocycles. The van der Waals surface area contributed by atoms with Gasteiger partial charge in [0.1, 0.15) is 14.6 Å². The van der Waals surface area contributed by atoms with E-state index in [2.05, 4.69) is 16.6 Å². The predicted octanol–water partition coefficient (Wildman–Crippen LogP) is 2.71. The maximum absolute atomic E-state index is 12.7. The Morgan fingerprint density at radius 1 is 1.40 bits per heavy atom. The van der Waals surface area contributed by atoms with Crippen LogP contribution in [0.2, 0.25) is 0 Å². The molecular weight excluding hydrogens is 426 g/mol. The quantitative estimate of drug-likeness (QED) is 0.646. The number of aromatic nitrogens is 1. The van der Waals surface area contributed by atoms with Crippen molar-refractivity contribution in [1.82, 2.24) is 14.6 Å². The molecule has 1 aliphatic rings. The number of amides is 1. The number of piperidine rings is 1. The molecule has 8 nitrogen and oxygen atoms in total. The standard InChI is InChI=1S/C20H27N3O5S2/c1-4-28-20(25)18-14(3)16-10-15(11-21-19(16)29-18)30(26,27)22-8-7-17(24)23-9-5-6-13(2)12-23/h10-11,13,22H,4-9,12H2,1-3H3/t13-/m1/s1. The third-order valence-electron chi connectivity index (χ3n) is 5.18. The number of hydrogen-bond acceptors (Lipinski definition) is 7. The molecule has 0 unspecified atom stereocenters. The Hall–Kier alpha value is -2.04. The molecule has 1 aliphatic heterocycles. The van der Waals surface area contributed by atoms with Crippen LogP contribution in [0.1, 0.15) is 48.3 Å². The van der Waals surface area contributed by atoms with Gasteiger partial charge in [0.25, 0.3) is 0 Å². The summed E-state index contributed by atoms with van der Waals surface area (Å²) in [4.78, 5) is 31.4. The first-order chi connectivity index (χ1) is 14.2. The molecule has 0 bridgehead atoms. The predicted molar refractivity (Wildman–Crippen MR) is 115 cm³/mol. The molecule has 1 fully saturated rings. The van der Waals surface area contributed by atoms with Crippen molar-refractivity contribution in [3.05, 3.63) is 22.7 Å². The number of ether oxygens (including phenoxy) is 1. The number of esters is 1. The Morgan fingerprint density at radius 3 is 2.87 bits per heavy atom. The zero-order valence-electron chi connectivity index (χ0n) is 17.4. The zero-order valence-corrected chi connectivity index (χ0v) is 19.1. The molecule has 0 spiro atoms. The average Bonchev–Trinajstić information content (AvgIpc) is 3.04. The number of fused-ring (bicyclic) bond motifs is 1.